The number of hydrogen-bond donors (Lipinski definition) is 1. The number of carbonyl (C=O) groups is 1. The summed E-state index contributed by atoms with van der Waals surface area (Å²) in [6, 6.07) is 4.06. The van der Waals surface area contributed by atoms with Gasteiger partial charge in [0, 0.05) is 37.4 Å². The Morgan fingerprint density at radius 3 is 2.95 bits per heavy atom. The first-order valence-electron chi connectivity index (χ1n) is 8.00. The molecule has 22 heavy (non-hydrogen) atoms. The standard InChI is InChI=1S/C16H24N4O2/c1-19-6-2-3-14(12-19)18-15-11-13(4-5-17-15)16(21)20-7-9-22-10-8-20/h4-5,11,14H,2-3,6-10,12H2,1H3,(H,17,18)/t14-/m0/s1. The van der Waals surface area contributed by atoms with E-state index in [9.17, 15) is 4.79 Å². The highest BCUT2D eigenvalue weighted by molar-refractivity contribution is 5.94. The first-order chi connectivity index (χ1) is 10.7. The second kappa shape index (κ2) is 7.07. The van der Waals surface area contributed by atoms with Gasteiger partial charge in [-0.1, -0.05) is 0 Å². The minimum Gasteiger partial charge on any atom is -0.378 e. The lowest BCUT2D eigenvalue weighted by molar-refractivity contribution is 0.0303. The molecule has 1 atom stereocenters. The second-order valence-electron chi connectivity index (χ2n) is 6.08. The van der Waals surface area contributed by atoms with Crippen molar-refractivity contribution in [1.82, 2.24) is 14.8 Å². The molecule has 1 N–H and O–H groups in total. The summed E-state index contributed by atoms with van der Waals surface area (Å²) in [6.45, 7) is 4.74. The lowest BCUT2D eigenvalue weighted by Crippen LogP contribution is -2.41. The number of piperidine rings is 1. The molecular formula is C16H24N4O2. The molecule has 0 spiro atoms. The van der Waals surface area contributed by atoms with Crippen molar-refractivity contribution in [2.45, 2.75) is 18.9 Å². The Kier molecular flexibility index (Phi) is 4.90. The SMILES string of the molecule is CN1CCC[C@H](Nc2cc(C(=O)N3CCOCC3)ccn2)C1. The Hall–Kier alpha value is -1.66. The highest BCUT2D eigenvalue weighted by Crippen LogP contribution is 2.16. The largest absolute Gasteiger partial charge is 0.378 e. The molecule has 6 heteroatoms. The average Bonchev–Trinajstić information content (AvgIpc) is 2.55. The molecule has 0 saturated carbocycles. The molecule has 3 rings (SSSR count). The number of pyridine rings is 1. The molecule has 6 nitrogen and oxygen atoms in total. The van der Waals surface area contributed by atoms with Crippen LogP contribution in [0.2, 0.25) is 0 Å². The molecule has 0 aromatic carbocycles. The van der Waals surface area contributed by atoms with Crippen LogP contribution in [-0.2, 0) is 4.74 Å². The third-order valence-corrected chi connectivity index (χ3v) is 4.28. The molecule has 1 amide bonds. The van der Waals surface area contributed by atoms with Gasteiger partial charge in [0.2, 0.25) is 0 Å². The molecular weight excluding hydrogens is 280 g/mol. The molecule has 3 heterocycles. The van der Waals surface area contributed by atoms with E-state index < -0.39 is 0 Å². The first kappa shape index (κ1) is 15.2. The predicted molar refractivity (Wildman–Crippen MR) is 85.1 cm³/mol. The number of likely N-dealkylation sites (tertiary alicyclic amines) is 1. The van der Waals surface area contributed by atoms with Crippen LogP contribution in [0.4, 0.5) is 5.82 Å². The summed E-state index contributed by atoms with van der Waals surface area (Å²) >= 11 is 0. The van der Waals surface area contributed by atoms with Gasteiger partial charge in [0.05, 0.1) is 13.2 Å². The number of carbonyl (C=O) groups excluding carboxylic acids is 1. The molecule has 2 fully saturated rings. The Morgan fingerprint density at radius 1 is 1.36 bits per heavy atom. The number of rotatable bonds is 3. The van der Waals surface area contributed by atoms with Crippen LogP contribution in [0.15, 0.2) is 18.3 Å². The van der Waals surface area contributed by atoms with Gasteiger partial charge < -0.3 is 19.9 Å². The fourth-order valence-corrected chi connectivity index (χ4v) is 3.08. The zero-order chi connectivity index (χ0) is 15.4. The summed E-state index contributed by atoms with van der Waals surface area (Å²) in [5.41, 5.74) is 0.698. The van der Waals surface area contributed by atoms with E-state index in [-0.39, 0.29) is 5.91 Å². The van der Waals surface area contributed by atoms with Crippen LogP contribution in [-0.4, -0.2) is 73.2 Å². The first-order valence-corrected chi connectivity index (χ1v) is 8.00. The lowest BCUT2D eigenvalue weighted by atomic mass is 10.1. The predicted octanol–water partition coefficient (Wildman–Crippen LogP) is 1.06. The normalized spacial score (nSPS) is 23.3. The van der Waals surface area contributed by atoms with Crippen LogP contribution in [0.3, 0.4) is 0 Å². The van der Waals surface area contributed by atoms with Gasteiger partial charge in [-0.15, -0.1) is 0 Å². The van der Waals surface area contributed by atoms with Gasteiger partial charge >= 0.3 is 0 Å². The van der Waals surface area contributed by atoms with Gasteiger partial charge in [0.1, 0.15) is 5.82 Å². The van der Waals surface area contributed by atoms with E-state index in [4.69, 9.17) is 4.74 Å². The van der Waals surface area contributed by atoms with E-state index in [0.29, 0.717) is 37.9 Å². The number of likely N-dealkylation sites (N-methyl/N-ethyl adjacent to an activating group) is 1. The van der Waals surface area contributed by atoms with Gasteiger partial charge in [-0.2, -0.15) is 0 Å². The molecule has 0 aliphatic carbocycles. The summed E-state index contributed by atoms with van der Waals surface area (Å²) in [6.07, 6.45) is 4.05. The van der Waals surface area contributed by atoms with Crippen LogP contribution in [0.25, 0.3) is 0 Å². The van der Waals surface area contributed by atoms with Crippen molar-refractivity contribution < 1.29 is 9.53 Å². The van der Waals surface area contributed by atoms with E-state index in [2.05, 4.69) is 22.2 Å². The van der Waals surface area contributed by atoms with Crippen LogP contribution in [0, 0.1) is 0 Å². The molecule has 2 aliphatic rings. The Labute approximate surface area is 131 Å². The molecule has 1 aromatic heterocycles. The van der Waals surface area contributed by atoms with Crippen molar-refractivity contribution >= 4 is 11.7 Å². The van der Waals surface area contributed by atoms with Crippen molar-refractivity contribution in [3.63, 3.8) is 0 Å². The van der Waals surface area contributed by atoms with E-state index >= 15 is 0 Å². The Balaban J connectivity index is 1.65. The van der Waals surface area contributed by atoms with Crippen molar-refractivity contribution in [2.75, 3.05) is 51.8 Å². The minimum absolute atomic E-state index is 0.0644. The maximum Gasteiger partial charge on any atom is 0.254 e. The van der Waals surface area contributed by atoms with E-state index in [0.717, 1.165) is 25.3 Å². The van der Waals surface area contributed by atoms with Gasteiger partial charge in [0.25, 0.3) is 5.91 Å². The molecule has 2 aliphatic heterocycles. The second-order valence-corrected chi connectivity index (χ2v) is 6.08. The summed E-state index contributed by atoms with van der Waals surface area (Å²) in [7, 11) is 2.14. The van der Waals surface area contributed by atoms with E-state index in [1.807, 2.05) is 11.0 Å². The van der Waals surface area contributed by atoms with Crippen LogP contribution >= 0.6 is 0 Å². The maximum absolute atomic E-state index is 12.5. The van der Waals surface area contributed by atoms with Gasteiger partial charge in [-0.25, -0.2) is 4.98 Å². The van der Waals surface area contributed by atoms with Crippen molar-refractivity contribution in [2.24, 2.45) is 0 Å². The number of nitrogens with one attached hydrogen (secondary N) is 1. The third-order valence-electron chi connectivity index (χ3n) is 4.28. The molecule has 1 aromatic rings. The fourth-order valence-electron chi connectivity index (χ4n) is 3.08. The average molecular weight is 304 g/mol. The number of ether oxygens (including phenoxy) is 1. The third kappa shape index (κ3) is 3.75. The van der Waals surface area contributed by atoms with Crippen molar-refractivity contribution in [3.8, 4) is 0 Å². The van der Waals surface area contributed by atoms with Crippen LogP contribution < -0.4 is 5.32 Å². The maximum atomic E-state index is 12.5. The highest BCUT2D eigenvalue weighted by Gasteiger charge is 2.20. The number of hydrogen-bond acceptors (Lipinski definition) is 5. The van der Waals surface area contributed by atoms with E-state index in [1.165, 1.54) is 6.42 Å². The monoisotopic (exact) mass is 304 g/mol. The zero-order valence-electron chi connectivity index (χ0n) is 13.1. The molecule has 2 saturated heterocycles. The van der Waals surface area contributed by atoms with Crippen molar-refractivity contribution in [1.29, 1.82) is 0 Å². The highest BCUT2D eigenvalue weighted by atomic mass is 16.5. The summed E-state index contributed by atoms with van der Waals surface area (Å²) in [5, 5.41) is 3.46. The topological polar surface area (TPSA) is 57.7 Å². The smallest absolute Gasteiger partial charge is 0.254 e. The molecule has 120 valence electrons. The quantitative estimate of drug-likeness (QED) is 0.905. The van der Waals surface area contributed by atoms with E-state index in [1.54, 1.807) is 12.3 Å². The molecule has 0 radical (unpaired) electrons. The number of amides is 1. The number of morpholine rings is 1. The van der Waals surface area contributed by atoms with Gasteiger partial charge in [-0.05, 0) is 38.6 Å². The van der Waals surface area contributed by atoms with Gasteiger partial charge in [0.15, 0.2) is 0 Å². The summed E-state index contributed by atoms with van der Waals surface area (Å²) in [4.78, 5) is 21.0. The number of aromatic nitrogens is 1. The Morgan fingerprint density at radius 2 is 2.18 bits per heavy atom. The summed E-state index contributed by atoms with van der Waals surface area (Å²) < 4.78 is 5.30. The zero-order valence-corrected chi connectivity index (χ0v) is 13.1. The number of anilines is 1. The Bertz CT molecular complexity index is 517. The van der Waals surface area contributed by atoms with Crippen molar-refractivity contribution in [3.05, 3.63) is 23.9 Å². The lowest BCUT2D eigenvalue weighted by Gasteiger charge is -2.30. The minimum atomic E-state index is 0.0644. The number of nitrogens with zero attached hydrogens (tertiary/aromatic N) is 3. The van der Waals surface area contributed by atoms with Crippen LogP contribution in [0.1, 0.15) is 23.2 Å². The van der Waals surface area contributed by atoms with Gasteiger partial charge in [-0.3, -0.25) is 4.79 Å². The summed E-state index contributed by atoms with van der Waals surface area (Å²) in [5.74, 6) is 0.855. The van der Waals surface area contributed by atoms with Crippen LogP contribution in [0.5, 0.6) is 0 Å². The molecule has 0 unspecified atom stereocenters. The molecule has 0 bridgehead atoms. The fraction of sp³-hybridized carbons (Fsp3) is 0.625.